The Morgan fingerprint density at radius 1 is 1.11 bits per heavy atom. The maximum absolute atomic E-state index is 14.1. The van der Waals surface area contributed by atoms with Gasteiger partial charge in [0.2, 0.25) is 0 Å². The zero-order valence-electron chi connectivity index (χ0n) is 20.9. The Balaban J connectivity index is 1.74. The Kier molecular flexibility index (Phi) is 7.02. The summed E-state index contributed by atoms with van der Waals surface area (Å²) in [6, 6.07) is 13.5. The molecule has 6 nitrogen and oxygen atoms in total. The monoisotopic (exact) mass is 500 g/mol. The molecule has 1 aromatic heterocycles. The second-order valence-corrected chi connectivity index (χ2v) is 9.62. The van der Waals surface area contributed by atoms with E-state index in [1.807, 2.05) is 69.3 Å². The van der Waals surface area contributed by atoms with E-state index in [0.717, 1.165) is 28.0 Å². The second-order valence-electron chi connectivity index (χ2n) is 9.62. The van der Waals surface area contributed by atoms with Gasteiger partial charge < -0.3 is 15.0 Å². The van der Waals surface area contributed by atoms with Gasteiger partial charge in [-0.3, -0.25) is 4.79 Å². The summed E-state index contributed by atoms with van der Waals surface area (Å²) in [4.78, 5) is 15.7. The maximum Gasteiger partial charge on any atom is 0.410 e. The summed E-state index contributed by atoms with van der Waals surface area (Å²) in [6.07, 6.45) is -1.99. The van der Waals surface area contributed by atoms with E-state index in [1.165, 1.54) is 6.20 Å². The van der Waals surface area contributed by atoms with Gasteiger partial charge >= 0.3 is 6.18 Å². The Morgan fingerprint density at radius 2 is 1.75 bits per heavy atom. The lowest BCUT2D eigenvalue weighted by atomic mass is 9.91. The largest absolute Gasteiger partial charge is 0.497 e. The summed E-state index contributed by atoms with van der Waals surface area (Å²) in [5.74, 6) is 0.426. The molecule has 0 fully saturated rings. The molecule has 0 saturated heterocycles. The van der Waals surface area contributed by atoms with Crippen molar-refractivity contribution in [2.24, 2.45) is 0 Å². The van der Waals surface area contributed by atoms with Crippen LogP contribution >= 0.6 is 0 Å². The van der Waals surface area contributed by atoms with Crippen molar-refractivity contribution in [1.82, 2.24) is 9.78 Å². The molecular formula is C27H31F3N4O2. The van der Waals surface area contributed by atoms with E-state index in [0.29, 0.717) is 12.1 Å². The van der Waals surface area contributed by atoms with Crippen LogP contribution in [0, 0.1) is 0 Å². The minimum atomic E-state index is -4.45. The van der Waals surface area contributed by atoms with E-state index in [9.17, 15) is 18.0 Å². The van der Waals surface area contributed by atoms with Crippen LogP contribution < -0.4 is 15.0 Å². The van der Waals surface area contributed by atoms with Crippen LogP contribution in [0.1, 0.15) is 54.7 Å². The summed E-state index contributed by atoms with van der Waals surface area (Å²) in [5.41, 5.74) is 2.18. The number of aromatic nitrogens is 2. The molecule has 4 rings (SSSR count). The molecule has 0 radical (unpaired) electrons. The van der Waals surface area contributed by atoms with Crippen molar-refractivity contribution >= 4 is 17.4 Å². The third-order valence-corrected chi connectivity index (χ3v) is 6.62. The predicted octanol–water partition coefficient (Wildman–Crippen LogP) is 6.04. The molecule has 1 amide bonds. The average Bonchev–Trinajstić information content (AvgIpc) is 3.28. The number of nitrogens with one attached hydrogen (secondary N) is 1. The van der Waals surface area contributed by atoms with Crippen LogP contribution in [0.4, 0.5) is 24.7 Å². The van der Waals surface area contributed by atoms with Crippen LogP contribution in [0.2, 0.25) is 0 Å². The Hall–Kier alpha value is -3.49. The molecular weight excluding hydrogens is 469 g/mol. The fraction of sp³-hybridized carbons (Fsp3) is 0.407. The molecule has 2 aromatic carbocycles. The fourth-order valence-corrected chi connectivity index (χ4v) is 4.75. The number of hydrogen-bond acceptors (Lipinski definition) is 4. The fourth-order valence-electron chi connectivity index (χ4n) is 4.75. The molecule has 2 heterocycles. The smallest absolute Gasteiger partial charge is 0.410 e. The van der Waals surface area contributed by atoms with Gasteiger partial charge in [0.05, 0.1) is 13.3 Å². The standard InChI is InChI=1S/C27H31F3N4O2/c1-5-18-6-10-20(11-7-18)33(26(2,3)16-19-8-12-21(36-4)13-9-19)25(35)22-17-32-34-23(27(28,29)30)14-15-31-24(22)34/h6-13,17,23,31H,5,14-16H2,1-4H3. The van der Waals surface area contributed by atoms with E-state index in [4.69, 9.17) is 4.74 Å². The number of carbonyl (C=O) groups excluding carboxylic acids is 1. The van der Waals surface area contributed by atoms with Crippen molar-refractivity contribution in [3.63, 3.8) is 0 Å². The molecule has 1 unspecified atom stereocenters. The number of carbonyl (C=O) groups is 1. The number of hydrogen-bond donors (Lipinski definition) is 1. The highest BCUT2D eigenvalue weighted by atomic mass is 19.4. The van der Waals surface area contributed by atoms with Gasteiger partial charge in [-0.2, -0.15) is 18.3 Å². The van der Waals surface area contributed by atoms with E-state index < -0.39 is 23.7 Å². The lowest BCUT2D eigenvalue weighted by Gasteiger charge is -2.39. The summed E-state index contributed by atoms with van der Waals surface area (Å²) in [7, 11) is 1.60. The third kappa shape index (κ3) is 5.05. The SMILES string of the molecule is CCc1ccc(N(C(=O)c2cnn3c2NCCC3C(F)(F)F)C(C)(C)Cc2ccc(OC)cc2)cc1. The minimum Gasteiger partial charge on any atom is -0.497 e. The first-order chi connectivity index (χ1) is 17.0. The van der Waals surface area contributed by atoms with E-state index in [1.54, 1.807) is 12.0 Å². The Labute approximate surface area is 209 Å². The number of alkyl halides is 3. The molecule has 0 spiro atoms. The molecule has 9 heteroatoms. The number of benzene rings is 2. The van der Waals surface area contributed by atoms with Gasteiger partial charge in [-0.25, -0.2) is 4.68 Å². The van der Waals surface area contributed by atoms with Crippen molar-refractivity contribution in [1.29, 1.82) is 0 Å². The zero-order chi connectivity index (χ0) is 26.1. The maximum atomic E-state index is 14.1. The number of anilines is 2. The van der Waals surface area contributed by atoms with Crippen molar-refractivity contribution in [3.05, 3.63) is 71.4 Å². The summed E-state index contributed by atoms with van der Waals surface area (Å²) in [5, 5.41) is 6.96. The third-order valence-electron chi connectivity index (χ3n) is 6.62. The van der Waals surface area contributed by atoms with Crippen LogP contribution in [-0.2, 0) is 12.8 Å². The van der Waals surface area contributed by atoms with Gasteiger partial charge in [0, 0.05) is 17.8 Å². The number of ether oxygens (including phenoxy) is 1. The van der Waals surface area contributed by atoms with E-state index in [2.05, 4.69) is 10.4 Å². The summed E-state index contributed by atoms with van der Waals surface area (Å²) < 4.78 is 47.0. The van der Waals surface area contributed by atoms with Gasteiger partial charge in [0.1, 0.15) is 17.1 Å². The van der Waals surface area contributed by atoms with E-state index >= 15 is 0 Å². The number of aryl methyl sites for hydroxylation is 1. The lowest BCUT2D eigenvalue weighted by molar-refractivity contribution is -0.171. The van der Waals surface area contributed by atoms with Crippen molar-refractivity contribution in [2.75, 3.05) is 23.9 Å². The zero-order valence-corrected chi connectivity index (χ0v) is 20.9. The average molecular weight is 501 g/mol. The molecule has 0 saturated carbocycles. The highest BCUT2D eigenvalue weighted by Gasteiger charge is 2.45. The highest BCUT2D eigenvalue weighted by Crippen LogP contribution is 2.39. The molecule has 0 bridgehead atoms. The molecule has 3 aromatic rings. The van der Waals surface area contributed by atoms with Crippen LogP contribution in [0.3, 0.4) is 0 Å². The molecule has 1 aliphatic heterocycles. The first-order valence-electron chi connectivity index (χ1n) is 12.0. The van der Waals surface area contributed by atoms with Crippen molar-refractivity contribution in [2.45, 2.75) is 57.8 Å². The van der Waals surface area contributed by atoms with Crippen molar-refractivity contribution in [3.8, 4) is 5.75 Å². The number of amides is 1. The quantitative estimate of drug-likeness (QED) is 0.430. The van der Waals surface area contributed by atoms with Crippen molar-refractivity contribution < 1.29 is 22.7 Å². The Morgan fingerprint density at radius 3 is 2.33 bits per heavy atom. The second kappa shape index (κ2) is 9.87. The van der Waals surface area contributed by atoms with Gasteiger partial charge in [-0.15, -0.1) is 0 Å². The van der Waals surface area contributed by atoms with E-state index in [-0.39, 0.29) is 24.3 Å². The van der Waals surface area contributed by atoms with Gasteiger partial charge in [0.15, 0.2) is 6.04 Å². The number of halogens is 3. The number of methoxy groups -OCH3 is 1. The molecule has 1 atom stereocenters. The van der Waals surface area contributed by atoms with Crippen LogP contribution in [0.5, 0.6) is 5.75 Å². The van der Waals surface area contributed by atoms with Crippen LogP contribution in [0.25, 0.3) is 0 Å². The molecule has 0 aliphatic carbocycles. The molecule has 36 heavy (non-hydrogen) atoms. The van der Waals surface area contributed by atoms with Gasteiger partial charge in [0.25, 0.3) is 5.91 Å². The number of fused-ring (bicyclic) bond motifs is 1. The summed E-state index contributed by atoms with van der Waals surface area (Å²) >= 11 is 0. The normalized spacial score (nSPS) is 15.7. The Bertz CT molecular complexity index is 1200. The first kappa shape index (κ1) is 25.6. The van der Waals surface area contributed by atoms with Crippen LogP contribution in [0.15, 0.2) is 54.7 Å². The first-order valence-corrected chi connectivity index (χ1v) is 12.0. The molecule has 1 N–H and O–H groups in total. The number of rotatable bonds is 7. The predicted molar refractivity (Wildman–Crippen MR) is 134 cm³/mol. The highest BCUT2D eigenvalue weighted by molar-refractivity contribution is 6.10. The minimum absolute atomic E-state index is 0.101. The number of nitrogens with zero attached hydrogens (tertiary/aromatic N) is 3. The summed E-state index contributed by atoms with van der Waals surface area (Å²) in [6.45, 7) is 6.06. The van der Waals surface area contributed by atoms with Crippen LogP contribution in [-0.4, -0.2) is 41.1 Å². The molecule has 1 aliphatic rings. The van der Waals surface area contributed by atoms with Gasteiger partial charge in [-0.1, -0.05) is 31.2 Å². The topological polar surface area (TPSA) is 59.4 Å². The van der Waals surface area contributed by atoms with Gasteiger partial charge in [-0.05, 0) is 68.5 Å². The lowest BCUT2D eigenvalue weighted by Crippen LogP contribution is -2.50. The molecule has 192 valence electrons.